The number of ether oxygens (including phenoxy) is 4. The highest BCUT2D eigenvalue weighted by molar-refractivity contribution is 6.07. The molecule has 0 bridgehead atoms. The summed E-state index contributed by atoms with van der Waals surface area (Å²) >= 11 is 0. The Hall–Kier alpha value is -6.90. The number of rotatable bonds is 18. The van der Waals surface area contributed by atoms with Crippen molar-refractivity contribution in [3.05, 3.63) is 157 Å². The van der Waals surface area contributed by atoms with Gasteiger partial charge in [-0.05, 0) is 140 Å². The van der Waals surface area contributed by atoms with Crippen molar-refractivity contribution in [2.45, 2.75) is 83.1 Å². The molecular weight excluding hydrogens is 937 g/mol. The van der Waals surface area contributed by atoms with Gasteiger partial charge >= 0.3 is 13.2 Å². The van der Waals surface area contributed by atoms with E-state index in [1.807, 2.05) is 95.9 Å². The van der Waals surface area contributed by atoms with Crippen LogP contribution in [0.4, 0.5) is 28.9 Å². The predicted molar refractivity (Wildman–Crippen MR) is 279 cm³/mol. The van der Waals surface area contributed by atoms with Gasteiger partial charge in [0.1, 0.15) is 0 Å². The molecule has 0 radical (unpaired) electrons. The summed E-state index contributed by atoms with van der Waals surface area (Å²) in [5.41, 5.74) is 6.43. The number of halogens is 4. The fourth-order valence-electron chi connectivity index (χ4n) is 10.3. The Bertz CT molecular complexity index is 2720. The summed E-state index contributed by atoms with van der Waals surface area (Å²) in [5.74, 6) is 0.265. The van der Waals surface area contributed by atoms with Crippen LogP contribution in [0.25, 0.3) is 22.3 Å². The minimum atomic E-state index is -2.98. The average Bonchev–Trinajstić information content (AvgIpc) is 4.12. The lowest BCUT2D eigenvalue weighted by atomic mass is 9.89. The monoisotopic (exact) mass is 1000 g/mol. The highest BCUT2D eigenvalue weighted by atomic mass is 19.3. The van der Waals surface area contributed by atoms with Crippen molar-refractivity contribution >= 4 is 23.2 Å². The quantitative estimate of drug-likeness (QED) is 0.0852. The molecule has 1 aliphatic carbocycles. The molecule has 3 aliphatic rings. The highest BCUT2D eigenvalue weighted by Gasteiger charge is 2.32. The second kappa shape index (κ2) is 25.7. The molecule has 2 amide bonds. The van der Waals surface area contributed by atoms with Gasteiger partial charge < -0.3 is 34.1 Å². The Labute approximate surface area is 425 Å². The number of carbonyl (C=O) groups is 2. The number of hydrogen-bond donors (Lipinski definition) is 1. The molecule has 384 valence electrons. The summed E-state index contributed by atoms with van der Waals surface area (Å²) in [6.07, 6.45) is 10.7. The molecule has 0 aromatic heterocycles. The van der Waals surface area contributed by atoms with Crippen LogP contribution in [0.1, 0.15) is 78.5 Å². The molecule has 1 saturated carbocycles. The van der Waals surface area contributed by atoms with E-state index < -0.39 is 13.2 Å². The number of methoxy groups -OCH3 is 2. The van der Waals surface area contributed by atoms with E-state index in [4.69, 9.17) is 9.47 Å². The lowest BCUT2D eigenvalue weighted by Gasteiger charge is -2.34. The molecule has 10 nitrogen and oxygen atoms in total. The zero-order chi connectivity index (χ0) is 51.1. The van der Waals surface area contributed by atoms with Gasteiger partial charge in [-0.25, -0.2) is 0 Å². The third-order valence-electron chi connectivity index (χ3n) is 13.9. The maximum Gasteiger partial charge on any atom is 0.387 e. The van der Waals surface area contributed by atoms with Gasteiger partial charge in [0.25, 0.3) is 11.8 Å². The fourth-order valence-corrected chi connectivity index (χ4v) is 10.3. The Kier molecular flexibility index (Phi) is 18.4. The first-order valence-electron chi connectivity index (χ1n) is 25.2. The van der Waals surface area contributed by atoms with Crippen LogP contribution in [0.5, 0.6) is 23.0 Å². The fraction of sp³-hybridized carbons (Fsp3) is 0.356. The molecule has 0 spiro atoms. The van der Waals surface area contributed by atoms with Crippen LogP contribution in [0, 0.1) is 5.92 Å². The molecule has 73 heavy (non-hydrogen) atoms. The Morgan fingerprint density at radius 3 is 1.53 bits per heavy atom. The first-order valence-corrected chi connectivity index (χ1v) is 25.2. The molecule has 6 aromatic rings. The topological polar surface area (TPSA) is 92.8 Å². The number of carbonyl (C=O) groups excluding carboxylic acids is 2. The maximum atomic E-state index is 14.1. The van der Waals surface area contributed by atoms with Gasteiger partial charge in [-0.1, -0.05) is 104 Å². The van der Waals surface area contributed by atoms with E-state index in [1.54, 1.807) is 4.90 Å². The van der Waals surface area contributed by atoms with Crippen molar-refractivity contribution in [2.24, 2.45) is 5.92 Å². The molecule has 3 fully saturated rings. The summed E-state index contributed by atoms with van der Waals surface area (Å²) in [6, 6.07) is 45.1. The van der Waals surface area contributed by atoms with E-state index in [9.17, 15) is 27.2 Å². The van der Waals surface area contributed by atoms with Gasteiger partial charge in [0.05, 0.1) is 14.2 Å². The van der Waals surface area contributed by atoms with Crippen molar-refractivity contribution < 1.29 is 46.1 Å². The zero-order valence-corrected chi connectivity index (χ0v) is 41.4. The third-order valence-corrected chi connectivity index (χ3v) is 13.9. The number of likely N-dealkylation sites (tertiary alicyclic amines) is 1. The first kappa shape index (κ1) is 52.4. The Morgan fingerprint density at radius 2 is 1.05 bits per heavy atom. The summed E-state index contributed by atoms with van der Waals surface area (Å²) < 4.78 is 70.7. The number of benzene rings is 6. The van der Waals surface area contributed by atoms with Gasteiger partial charge in [0.15, 0.2) is 23.0 Å². The van der Waals surface area contributed by atoms with Crippen LogP contribution < -0.4 is 34.1 Å². The lowest BCUT2D eigenvalue weighted by Crippen LogP contribution is -2.45. The number of anilines is 2. The van der Waals surface area contributed by atoms with Gasteiger partial charge in [-0.15, -0.1) is 0 Å². The van der Waals surface area contributed by atoms with Crippen LogP contribution in [0.15, 0.2) is 146 Å². The largest absolute Gasteiger partial charge is 0.493 e. The number of alkyl halides is 4. The van der Waals surface area contributed by atoms with Crippen LogP contribution in [0.2, 0.25) is 0 Å². The van der Waals surface area contributed by atoms with Crippen molar-refractivity contribution in [1.82, 2.24) is 10.2 Å². The third kappa shape index (κ3) is 14.0. The van der Waals surface area contributed by atoms with Crippen molar-refractivity contribution in [1.29, 1.82) is 0 Å². The molecular formula is C59H64F4N4O6. The van der Waals surface area contributed by atoms with Gasteiger partial charge in [0.2, 0.25) is 0 Å². The van der Waals surface area contributed by atoms with E-state index >= 15 is 0 Å². The lowest BCUT2D eigenvalue weighted by molar-refractivity contribution is -0.0518. The van der Waals surface area contributed by atoms with E-state index in [0.29, 0.717) is 24.2 Å². The normalized spacial score (nSPS) is 16.9. The molecule has 2 heterocycles. The van der Waals surface area contributed by atoms with Crippen molar-refractivity contribution in [3.8, 4) is 45.3 Å². The molecule has 2 atom stereocenters. The molecule has 1 N–H and O–H groups in total. The maximum absolute atomic E-state index is 14.1. The Morgan fingerprint density at radius 1 is 0.548 bits per heavy atom. The molecule has 6 aromatic carbocycles. The minimum absolute atomic E-state index is 0.0816. The van der Waals surface area contributed by atoms with Crippen LogP contribution in [-0.4, -0.2) is 89.0 Å². The van der Waals surface area contributed by atoms with E-state index in [1.165, 1.54) is 82.7 Å². The van der Waals surface area contributed by atoms with Crippen LogP contribution in [0.3, 0.4) is 0 Å². The second-order valence-electron chi connectivity index (χ2n) is 18.7. The van der Waals surface area contributed by atoms with Gasteiger partial charge in [0, 0.05) is 54.2 Å². The summed E-state index contributed by atoms with van der Waals surface area (Å²) in [5, 5.41) is 3.44. The predicted octanol–water partition coefficient (Wildman–Crippen LogP) is 13.0. The number of hydrogen-bond acceptors (Lipinski definition) is 8. The van der Waals surface area contributed by atoms with Gasteiger partial charge in [-0.3, -0.25) is 14.5 Å². The Balaban J connectivity index is 0.000000199. The standard InChI is InChI=1S/C33H38F2N2O3.C26H26F2N2O3/c1-39-31-21-27(17-18-30(31)40-33(34)35)32(38)37(28-15-8-14-26(20-28)25-12-6-3-7-13-25)23-29-16-9-19-36(29)22-24-10-4-2-5-11-24;1-32-24-16-20(12-13-23(24)33-26(27)28)25(31)30(17-21-10-6-14-29-21)22-11-5-9-19(15-22)18-7-3-2-4-8-18/h3,6-8,12-15,17-18,20-21,24,29,33H,2,4-5,9-11,16,19,22-23H2,1H3;2-5,7-9,11-13,15-16,21,26,29H,6,10,14,17H2,1H3. The first-order chi connectivity index (χ1) is 35.6. The zero-order valence-electron chi connectivity index (χ0n) is 41.4. The highest BCUT2D eigenvalue weighted by Crippen LogP contribution is 2.35. The van der Waals surface area contributed by atoms with Crippen LogP contribution in [-0.2, 0) is 0 Å². The molecule has 2 saturated heterocycles. The van der Waals surface area contributed by atoms with Gasteiger partial charge in [-0.2, -0.15) is 17.6 Å². The van der Waals surface area contributed by atoms with Crippen LogP contribution >= 0.6 is 0 Å². The molecule has 2 unspecified atom stereocenters. The molecule has 2 aliphatic heterocycles. The van der Waals surface area contributed by atoms with Crippen molar-refractivity contribution in [3.63, 3.8) is 0 Å². The smallest absolute Gasteiger partial charge is 0.387 e. The SMILES string of the molecule is COc1cc(C(=O)N(CC2CCCN2)c2cccc(-c3ccccc3)c2)ccc1OC(F)F.COc1cc(C(=O)N(CC2CCCN2CC2CCCCC2)c2cccc(-c3ccccc3)c2)ccc1OC(F)F. The average molecular weight is 1000 g/mol. The van der Waals surface area contributed by atoms with Crippen molar-refractivity contribution in [2.75, 3.05) is 56.7 Å². The summed E-state index contributed by atoms with van der Waals surface area (Å²) in [6.45, 7) is -1.85. The summed E-state index contributed by atoms with van der Waals surface area (Å²) in [4.78, 5) is 33.9. The molecule has 14 heteroatoms. The molecule has 9 rings (SSSR count). The number of amides is 2. The number of nitrogens with zero attached hydrogens (tertiary/aromatic N) is 3. The summed E-state index contributed by atoms with van der Waals surface area (Å²) in [7, 11) is 2.73. The number of nitrogens with one attached hydrogen (secondary N) is 1. The second-order valence-corrected chi connectivity index (χ2v) is 18.7. The van der Waals surface area contributed by atoms with E-state index in [0.717, 1.165) is 84.9 Å². The van der Waals surface area contributed by atoms with E-state index in [-0.39, 0.29) is 46.9 Å². The van der Waals surface area contributed by atoms with E-state index in [2.05, 4.69) is 37.9 Å². The minimum Gasteiger partial charge on any atom is -0.493 e.